The number of rotatable bonds is 2. The van der Waals surface area contributed by atoms with Crippen molar-refractivity contribution >= 4 is 6.09 Å². The Morgan fingerprint density at radius 3 is 2.53 bits per heavy atom. The fourth-order valence-corrected chi connectivity index (χ4v) is 2.37. The highest BCUT2D eigenvalue weighted by Gasteiger charge is 2.38. The molecule has 2 N–H and O–H groups in total. The predicted octanol–water partition coefficient (Wildman–Crippen LogP) is 2.40. The summed E-state index contributed by atoms with van der Waals surface area (Å²) in [7, 11) is 0. The highest BCUT2D eigenvalue weighted by Crippen LogP contribution is 2.28. The molecule has 1 saturated heterocycles. The number of hydrogen-bond donors (Lipinski definition) is 2. The van der Waals surface area contributed by atoms with E-state index in [9.17, 15) is 4.79 Å². The van der Waals surface area contributed by atoms with Crippen molar-refractivity contribution in [2.75, 3.05) is 13.1 Å². The van der Waals surface area contributed by atoms with Gasteiger partial charge in [-0.2, -0.15) is 0 Å². The fraction of sp³-hybridized carbons (Fsp3) is 0.533. The van der Waals surface area contributed by atoms with Gasteiger partial charge in [0.1, 0.15) is 5.60 Å². The molecule has 0 radical (unpaired) electrons. The van der Waals surface area contributed by atoms with Crippen LogP contribution in [0.1, 0.15) is 32.8 Å². The van der Waals surface area contributed by atoms with Crippen molar-refractivity contribution in [2.24, 2.45) is 0 Å². The van der Waals surface area contributed by atoms with E-state index in [2.05, 4.69) is 10.6 Å². The molecule has 104 valence electrons. The number of hydrogen-bond acceptors (Lipinski definition) is 3. The van der Waals surface area contributed by atoms with Gasteiger partial charge in [0, 0.05) is 6.54 Å². The van der Waals surface area contributed by atoms with Crippen LogP contribution in [0.2, 0.25) is 0 Å². The molecule has 2 rings (SSSR count). The number of carbonyl (C=O) groups excluding carboxylic acids is 1. The molecule has 0 aliphatic carbocycles. The molecule has 1 aromatic rings. The lowest BCUT2D eigenvalue weighted by Crippen LogP contribution is -2.49. The summed E-state index contributed by atoms with van der Waals surface area (Å²) in [5.41, 5.74) is 0.281. The van der Waals surface area contributed by atoms with E-state index in [0.717, 1.165) is 25.1 Å². The van der Waals surface area contributed by atoms with E-state index in [1.165, 1.54) is 0 Å². The number of benzene rings is 1. The first-order valence-electron chi connectivity index (χ1n) is 6.69. The molecule has 1 atom stereocenters. The van der Waals surface area contributed by atoms with Crippen LogP contribution in [0.25, 0.3) is 0 Å². The van der Waals surface area contributed by atoms with Gasteiger partial charge >= 0.3 is 6.09 Å². The second-order valence-electron chi connectivity index (χ2n) is 6.00. The molecule has 1 unspecified atom stereocenters. The van der Waals surface area contributed by atoms with Crippen molar-refractivity contribution in [1.29, 1.82) is 0 Å². The number of ether oxygens (including phenoxy) is 1. The Kier molecular flexibility index (Phi) is 3.80. The molecule has 4 heteroatoms. The van der Waals surface area contributed by atoms with Crippen molar-refractivity contribution < 1.29 is 9.53 Å². The van der Waals surface area contributed by atoms with Gasteiger partial charge in [0.05, 0.1) is 5.54 Å². The maximum Gasteiger partial charge on any atom is 0.408 e. The molecule has 19 heavy (non-hydrogen) atoms. The summed E-state index contributed by atoms with van der Waals surface area (Å²) < 4.78 is 5.37. The van der Waals surface area contributed by atoms with Crippen LogP contribution in [-0.2, 0) is 10.3 Å². The van der Waals surface area contributed by atoms with E-state index in [1.807, 2.05) is 51.1 Å². The van der Waals surface area contributed by atoms with E-state index in [0.29, 0.717) is 0 Å². The van der Waals surface area contributed by atoms with Crippen LogP contribution in [0.4, 0.5) is 4.79 Å². The van der Waals surface area contributed by atoms with Gasteiger partial charge in [-0.1, -0.05) is 30.3 Å². The lowest BCUT2D eigenvalue weighted by Gasteiger charge is -2.31. The minimum absolute atomic E-state index is 0.358. The molecular weight excluding hydrogens is 240 g/mol. The Balaban J connectivity index is 2.15. The molecule has 0 saturated carbocycles. The Morgan fingerprint density at radius 2 is 2.00 bits per heavy atom. The van der Waals surface area contributed by atoms with Crippen LogP contribution in [0.3, 0.4) is 0 Å². The zero-order valence-electron chi connectivity index (χ0n) is 11.8. The van der Waals surface area contributed by atoms with Crippen molar-refractivity contribution in [3.63, 3.8) is 0 Å². The summed E-state index contributed by atoms with van der Waals surface area (Å²) in [6.07, 6.45) is 0.510. The maximum absolute atomic E-state index is 12.0. The number of nitrogens with one attached hydrogen (secondary N) is 2. The molecule has 1 aliphatic heterocycles. The van der Waals surface area contributed by atoms with E-state index >= 15 is 0 Å². The maximum atomic E-state index is 12.0. The van der Waals surface area contributed by atoms with E-state index in [-0.39, 0.29) is 11.6 Å². The number of alkyl carbamates (subject to hydrolysis) is 1. The quantitative estimate of drug-likeness (QED) is 0.860. The largest absolute Gasteiger partial charge is 0.444 e. The second-order valence-corrected chi connectivity index (χ2v) is 6.00. The first kappa shape index (κ1) is 13.9. The van der Waals surface area contributed by atoms with Crippen molar-refractivity contribution in [3.05, 3.63) is 35.9 Å². The fourth-order valence-electron chi connectivity index (χ4n) is 2.37. The summed E-state index contributed by atoms with van der Waals surface area (Å²) in [6.45, 7) is 7.24. The van der Waals surface area contributed by atoms with Gasteiger partial charge in [0.2, 0.25) is 0 Å². The molecule has 1 aliphatic rings. The normalized spacial score (nSPS) is 23.1. The van der Waals surface area contributed by atoms with Gasteiger partial charge in [-0.25, -0.2) is 4.79 Å². The average molecular weight is 262 g/mol. The second kappa shape index (κ2) is 5.21. The molecule has 4 nitrogen and oxygen atoms in total. The minimum atomic E-state index is -0.478. The molecule has 1 amide bonds. The lowest BCUT2D eigenvalue weighted by molar-refractivity contribution is 0.0461. The molecule has 0 bridgehead atoms. The van der Waals surface area contributed by atoms with Gasteiger partial charge in [0.25, 0.3) is 0 Å². The first-order valence-corrected chi connectivity index (χ1v) is 6.69. The molecule has 1 aromatic carbocycles. The summed E-state index contributed by atoms with van der Waals surface area (Å²) >= 11 is 0. The van der Waals surface area contributed by atoms with Crippen LogP contribution < -0.4 is 10.6 Å². The Labute approximate surface area is 114 Å². The smallest absolute Gasteiger partial charge is 0.408 e. The molecular formula is C15H22N2O2. The third-order valence-corrected chi connectivity index (χ3v) is 3.22. The summed E-state index contributed by atoms with van der Waals surface area (Å²) in [4.78, 5) is 12.0. The predicted molar refractivity (Wildman–Crippen MR) is 75.0 cm³/mol. The van der Waals surface area contributed by atoms with E-state index in [4.69, 9.17) is 4.74 Å². The minimum Gasteiger partial charge on any atom is -0.444 e. The molecule has 1 heterocycles. The summed E-state index contributed by atoms with van der Waals surface area (Å²) in [5, 5.41) is 6.35. The topological polar surface area (TPSA) is 50.4 Å². The van der Waals surface area contributed by atoms with Gasteiger partial charge < -0.3 is 15.4 Å². The van der Waals surface area contributed by atoms with Gasteiger partial charge in [-0.15, -0.1) is 0 Å². The zero-order valence-corrected chi connectivity index (χ0v) is 11.8. The van der Waals surface area contributed by atoms with Crippen LogP contribution in [0.5, 0.6) is 0 Å². The van der Waals surface area contributed by atoms with Crippen LogP contribution in [-0.4, -0.2) is 24.8 Å². The summed E-state index contributed by atoms with van der Waals surface area (Å²) in [5.74, 6) is 0. The average Bonchev–Trinajstić information content (AvgIpc) is 2.77. The molecule has 1 fully saturated rings. The van der Waals surface area contributed by atoms with E-state index < -0.39 is 5.60 Å². The van der Waals surface area contributed by atoms with Gasteiger partial charge in [-0.3, -0.25) is 0 Å². The van der Waals surface area contributed by atoms with E-state index in [1.54, 1.807) is 0 Å². The third-order valence-electron chi connectivity index (χ3n) is 3.22. The Morgan fingerprint density at radius 1 is 1.32 bits per heavy atom. The van der Waals surface area contributed by atoms with Crippen LogP contribution >= 0.6 is 0 Å². The van der Waals surface area contributed by atoms with Crippen molar-refractivity contribution in [3.8, 4) is 0 Å². The van der Waals surface area contributed by atoms with Crippen molar-refractivity contribution in [1.82, 2.24) is 10.6 Å². The van der Waals surface area contributed by atoms with Crippen LogP contribution in [0, 0.1) is 0 Å². The van der Waals surface area contributed by atoms with Crippen molar-refractivity contribution in [2.45, 2.75) is 38.3 Å². The first-order chi connectivity index (χ1) is 8.91. The SMILES string of the molecule is CC(C)(C)OC(=O)NC1(c2ccccc2)CCNC1. The van der Waals surface area contributed by atoms with Gasteiger partial charge in [0.15, 0.2) is 0 Å². The molecule has 0 aromatic heterocycles. The zero-order chi connectivity index (χ0) is 13.9. The Bertz CT molecular complexity index is 431. The molecule has 0 spiro atoms. The number of carbonyl (C=O) groups is 1. The number of amides is 1. The lowest BCUT2D eigenvalue weighted by atomic mass is 9.89. The highest BCUT2D eigenvalue weighted by molar-refractivity contribution is 5.69. The standard InChI is InChI=1S/C15H22N2O2/c1-14(2,3)19-13(18)17-15(9-10-16-11-15)12-7-5-4-6-8-12/h4-8,16H,9-11H2,1-3H3,(H,17,18). The summed E-state index contributed by atoms with van der Waals surface area (Å²) in [6, 6.07) is 10.1. The Hall–Kier alpha value is -1.55. The third kappa shape index (κ3) is 3.47. The van der Waals surface area contributed by atoms with Crippen LogP contribution in [0.15, 0.2) is 30.3 Å². The van der Waals surface area contributed by atoms with Gasteiger partial charge in [-0.05, 0) is 39.3 Å². The monoisotopic (exact) mass is 262 g/mol. The highest BCUT2D eigenvalue weighted by atomic mass is 16.6.